The standard InChI is InChI=1S/C50H99NO8/c1-3-5-7-9-11-13-15-17-18-19-20-21-22-23-24-25-26-27-29-31-33-35-37-39-48(56)51-43(42-58-50-46(55)40-45(54)47(41-52)59-50)49(57)44(53)38-36-34-32-30-28-16-14-12-10-8-6-4-2/h43-47,49-50,52-55,57H,3-42H2,1-2H3,(H,51,56)/t43-,44+,45?,46?,47?,49-,50?/m0/s1. The van der Waals surface area contributed by atoms with E-state index in [0.29, 0.717) is 12.8 Å². The van der Waals surface area contributed by atoms with E-state index in [0.717, 1.165) is 38.5 Å². The van der Waals surface area contributed by atoms with Crippen LogP contribution in [0, 0.1) is 0 Å². The van der Waals surface area contributed by atoms with Gasteiger partial charge in [-0.15, -0.1) is 0 Å². The van der Waals surface area contributed by atoms with E-state index in [1.807, 2.05) is 0 Å². The Bertz CT molecular complexity index is 895. The van der Waals surface area contributed by atoms with Gasteiger partial charge in [0.05, 0.1) is 31.5 Å². The fraction of sp³-hybridized carbons (Fsp3) is 0.980. The third kappa shape index (κ3) is 32.5. The summed E-state index contributed by atoms with van der Waals surface area (Å²) in [4.78, 5) is 13.0. The van der Waals surface area contributed by atoms with Crippen molar-refractivity contribution in [1.29, 1.82) is 0 Å². The molecule has 1 amide bonds. The average Bonchev–Trinajstić information content (AvgIpc) is 3.23. The number of rotatable bonds is 44. The van der Waals surface area contributed by atoms with Crippen molar-refractivity contribution in [3.05, 3.63) is 0 Å². The molecule has 9 nitrogen and oxygen atoms in total. The monoisotopic (exact) mass is 842 g/mol. The van der Waals surface area contributed by atoms with Gasteiger partial charge in [-0.3, -0.25) is 4.79 Å². The van der Waals surface area contributed by atoms with Gasteiger partial charge in [0.25, 0.3) is 0 Å². The summed E-state index contributed by atoms with van der Waals surface area (Å²) in [5.74, 6) is -0.201. The number of unbranched alkanes of at least 4 members (excludes halogenated alkanes) is 33. The van der Waals surface area contributed by atoms with Crippen molar-refractivity contribution < 1.29 is 39.8 Å². The number of ether oxygens (including phenoxy) is 2. The fourth-order valence-corrected chi connectivity index (χ4v) is 8.59. The van der Waals surface area contributed by atoms with Crippen molar-refractivity contribution >= 4 is 5.91 Å². The zero-order chi connectivity index (χ0) is 43.0. The normalized spacial score (nSPS) is 19.8. The van der Waals surface area contributed by atoms with E-state index in [9.17, 15) is 30.3 Å². The molecule has 7 atom stereocenters. The van der Waals surface area contributed by atoms with Gasteiger partial charge in [-0.25, -0.2) is 0 Å². The van der Waals surface area contributed by atoms with Crippen LogP contribution < -0.4 is 5.32 Å². The van der Waals surface area contributed by atoms with Gasteiger partial charge in [0, 0.05) is 12.8 Å². The maximum absolute atomic E-state index is 13.0. The van der Waals surface area contributed by atoms with Crippen molar-refractivity contribution in [2.75, 3.05) is 13.2 Å². The van der Waals surface area contributed by atoms with Gasteiger partial charge < -0.3 is 40.3 Å². The van der Waals surface area contributed by atoms with Gasteiger partial charge in [0.2, 0.25) is 5.91 Å². The first-order chi connectivity index (χ1) is 28.8. The van der Waals surface area contributed by atoms with Crippen LogP contribution in [0.4, 0.5) is 0 Å². The number of hydrogen-bond donors (Lipinski definition) is 6. The molecule has 0 aromatic heterocycles. The molecule has 352 valence electrons. The Morgan fingerprint density at radius 3 is 1.29 bits per heavy atom. The molecule has 1 rings (SSSR count). The molecule has 4 unspecified atom stereocenters. The Morgan fingerprint density at radius 1 is 0.559 bits per heavy atom. The zero-order valence-corrected chi connectivity index (χ0v) is 38.8. The Labute approximate surface area is 364 Å². The summed E-state index contributed by atoms with van der Waals surface area (Å²) >= 11 is 0. The lowest BCUT2D eigenvalue weighted by Crippen LogP contribution is -2.54. The Morgan fingerprint density at radius 2 is 0.915 bits per heavy atom. The zero-order valence-electron chi connectivity index (χ0n) is 38.8. The quantitative estimate of drug-likeness (QED) is 0.0332. The average molecular weight is 842 g/mol. The van der Waals surface area contributed by atoms with E-state index < -0.39 is 49.5 Å². The fourth-order valence-electron chi connectivity index (χ4n) is 8.59. The number of amides is 1. The molecule has 1 heterocycles. The lowest BCUT2D eigenvalue weighted by Gasteiger charge is -2.37. The second kappa shape index (κ2) is 41.2. The summed E-state index contributed by atoms with van der Waals surface area (Å²) < 4.78 is 11.4. The van der Waals surface area contributed by atoms with Crippen molar-refractivity contribution in [3.8, 4) is 0 Å². The minimum atomic E-state index is -1.25. The molecule has 6 N–H and O–H groups in total. The van der Waals surface area contributed by atoms with Crippen molar-refractivity contribution in [2.24, 2.45) is 0 Å². The first-order valence-electron chi connectivity index (χ1n) is 25.7. The maximum atomic E-state index is 13.0. The van der Waals surface area contributed by atoms with Crippen molar-refractivity contribution in [1.82, 2.24) is 5.32 Å². The van der Waals surface area contributed by atoms with Gasteiger partial charge in [0.1, 0.15) is 18.3 Å². The molecular weight excluding hydrogens is 743 g/mol. The SMILES string of the molecule is CCCCCCCCCCCCCCCCCCCCCCCCCC(=O)N[C@@H](COC1OC(CO)C(O)CC1O)[C@H](O)[C@H](O)CCCCCCCCCCCCCC. The lowest BCUT2D eigenvalue weighted by molar-refractivity contribution is -0.273. The molecule has 59 heavy (non-hydrogen) atoms. The minimum absolute atomic E-state index is 0.0173. The van der Waals surface area contributed by atoms with Gasteiger partial charge in [-0.05, 0) is 12.8 Å². The van der Waals surface area contributed by atoms with E-state index >= 15 is 0 Å². The van der Waals surface area contributed by atoms with Crippen LogP contribution in [-0.4, -0.2) is 87.5 Å². The first kappa shape index (κ1) is 56.2. The van der Waals surface area contributed by atoms with Crippen LogP contribution in [0.1, 0.15) is 258 Å². The third-order valence-corrected chi connectivity index (χ3v) is 12.7. The molecule has 0 saturated carbocycles. The number of nitrogens with one attached hydrogen (secondary N) is 1. The maximum Gasteiger partial charge on any atom is 0.220 e. The van der Waals surface area contributed by atoms with E-state index in [1.54, 1.807) is 0 Å². The molecule has 1 aliphatic heterocycles. The first-order valence-corrected chi connectivity index (χ1v) is 25.7. The predicted octanol–water partition coefficient (Wildman–Crippen LogP) is 11.5. The number of carbonyl (C=O) groups excluding carboxylic acids is 1. The highest BCUT2D eigenvalue weighted by molar-refractivity contribution is 5.76. The molecular formula is C50H99NO8. The van der Waals surface area contributed by atoms with Crippen LogP contribution in [0.3, 0.4) is 0 Å². The summed E-state index contributed by atoms with van der Waals surface area (Å²) in [5, 5.41) is 55.0. The van der Waals surface area contributed by atoms with Crippen LogP contribution in [0.25, 0.3) is 0 Å². The van der Waals surface area contributed by atoms with Crippen molar-refractivity contribution in [2.45, 2.75) is 301 Å². The largest absolute Gasteiger partial charge is 0.394 e. The second-order valence-electron chi connectivity index (χ2n) is 18.4. The number of aliphatic hydroxyl groups is 5. The third-order valence-electron chi connectivity index (χ3n) is 12.7. The molecule has 1 saturated heterocycles. The van der Waals surface area contributed by atoms with Gasteiger partial charge >= 0.3 is 0 Å². The molecule has 0 spiro atoms. The topological polar surface area (TPSA) is 149 Å². The molecule has 0 aromatic carbocycles. The van der Waals surface area contributed by atoms with Gasteiger partial charge in [-0.2, -0.15) is 0 Å². The van der Waals surface area contributed by atoms with Crippen LogP contribution in [0.15, 0.2) is 0 Å². The summed E-state index contributed by atoms with van der Waals surface area (Å²) in [7, 11) is 0. The van der Waals surface area contributed by atoms with E-state index in [1.165, 1.54) is 186 Å². The molecule has 0 aromatic rings. The van der Waals surface area contributed by atoms with E-state index in [4.69, 9.17) is 9.47 Å². The predicted molar refractivity (Wildman–Crippen MR) is 244 cm³/mol. The molecule has 0 radical (unpaired) electrons. The molecule has 0 aliphatic carbocycles. The number of aliphatic hydroxyl groups excluding tert-OH is 5. The Kier molecular flexibility index (Phi) is 39.3. The van der Waals surface area contributed by atoms with Gasteiger partial charge in [-0.1, -0.05) is 232 Å². The van der Waals surface area contributed by atoms with Gasteiger partial charge in [0.15, 0.2) is 6.29 Å². The summed E-state index contributed by atoms with van der Waals surface area (Å²) in [6.45, 7) is 3.93. The van der Waals surface area contributed by atoms with E-state index in [2.05, 4.69) is 19.2 Å². The second-order valence-corrected chi connectivity index (χ2v) is 18.4. The smallest absolute Gasteiger partial charge is 0.220 e. The Hall–Kier alpha value is -0.810. The molecule has 9 heteroatoms. The lowest BCUT2D eigenvalue weighted by atomic mass is 9.99. The van der Waals surface area contributed by atoms with Crippen LogP contribution in [0.5, 0.6) is 0 Å². The highest BCUT2D eigenvalue weighted by Gasteiger charge is 2.38. The highest BCUT2D eigenvalue weighted by Crippen LogP contribution is 2.23. The highest BCUT2D eigenvalue weighted by atomic mass is 16.7. The van der Waals surface area contributed by atoms with Crippen LogP contribution in [-0.2, 0) is 14.3 Å². The minimum Gasteiger partial charge on any atom is -0.394 e. The number of carbonyl (C=O) groups is 1. The Balaban J connectivity index is 2.22. The summed E-state index contributed by atoms with van der Waals surface area (Å²) in [5.41, 5.74) is 0. The molecule has 1 fully saturated rings. The summed E-state index contributed by atoms with van der Waals surface area (Å²) in [6, 6.07) is -0.894. The van der Waals surface area contributed by atoms with Crippen LogP contribution >= 0.6 is 0 Å². The molecule has 0 bridgehead atoms. The van der Waals surface area contributed by atoms with Crippen molar-refractivity contribution in [3.63, 3.8) is 0 Å². The van der Waals surface area contributed by atoms with E-state index in [-0.39, 0.29) is 18.9 Å². The summed E-state index contributed by atoms with van der Waals surface area (Å²) in [6.07, 6.45) is 39.3. The van der Waals surface area contributed by atoms with Crippen LogP contribution in [0.2, 0.25) is 0 Å². The number of hydrogen-bond acceptors (Lipinski definition) is 8. The molecule has 1 aliphatic rings.